The zero-order valence-electron chi connectivity index (χ0n) is 15.7. The lowest BCUT2D eigenvalue weighted by Gasteiger charge is -2.34. The van der Waals surface area contributed by atoms with Crippen LogP contribution in [0.1, 0.15) is 25.3 Å². The molecule has 1 aromatic carbocycles. The van der Waals surface area contributed by atoms with Gasteiger partial charge in [0.05, 0.1) is 6.54 Å². The summed E-state index contributed by atoms with van der Waals surface area (Å²) in [4.78, 5) is 16.6. The Labute approximate surface area is 155 Å². The summed E-state index contributed by atoms with van der Waals surface area (Å²) in [6.07, 6.45) is 3.78. The molecule has 2 aromatic rings. The molecule has 1 saturated heterocycles. The summed E-state index contributed by atoms with van der Waals surface area (Å²) < 4.78 is 7.60. The quantitative estimate of drug-likeness (QED) is 0.763. The molecule has 6 heteroatoms. The summed E-state index contributed by atoms with van der Waals surface area (Å²) in [6, 6.07) is 9.93. The number of nitrogens with zero attached hydrogens (tertiary/aromatic N) is 4. The van der Waals surface area contributed by atoms with Crippen molar-refractivity contribution in [2.24, 2.45) is 0 Å². The summed E-state index contributed by atoms with van der Waals surface area (Å²) >= 11 is 0. The molecule has 1 aliphatic heterocycles. The van der Waals surface area contributed by atoms with Crippen LogP contribution in [0.3, 0.4) is 0 Å². The molecule has 1 aromatic heterocycles. The SMILES string of the molecule is CC(C)c1ccc(OCC(=O)N2CCN(CCn3cccn3)CC2)cc1. The van der Waals surface area contributed by atoms with Crippen molar-refractivity contribution in [2.45, 2.75) is 26.3 Å². The van der Waals surface area contributed by atoms with Gasteiger partial charge in [-0.1, -0.05) is 26.0 Å². The molecule has 0 atom stereocenters. The highest BCUT2D eigenvalue weighted by Crippen LogP contribution is 2.18. The fourth-order valence-electron chi connectivity index (χ4n) is 3.08. The summed E-state index contributed by atoms with van der Waals surface area (Å²) in [5, 5.41) is 4.22. The van der Waals surface area contributed by atoms with Gasteiger partial charge >= 0.3 is 0 Å². The molecule has 26 heavy (non-hydrogen) atoms. The number of aromatic nitrogens is 2. The second-order valence-electron chi connectivity index (χ2n) is 7.00. The Morgan fingerprint density at radius 2 is 1.85 bits per heavy atom. The Balaban J connectivity index is 1.38. The van der Waals surface area contributed by atoms with E-state index in [1.807, 2.05) is 34.0 Å². The van der Waals surface area contributed by atoms with Gasteiger partial charge in [0.15, 0.2) is 6.61 Å². The Morgan fingerprint density at radius 3 is 2.46 bits per heavy atom. The normalized spacial score (nSPS) is 15.4. The molecule has 3 rings (SSSR count). The summed E-state index contributed by atoms with van der Waals surface area (Å²) in [5.41, 5.74) is 1.27. The Bertz CT molecular complexity index is 674. The molecule has 140 valence electrons. The van der Waals surface area contributed by atoms with E-state index in [1.165, 1.54) is 5.56 Å². The summed E-state index contributed by atoms with van der Waals surface area (Å²) in [6.45, 7) is 9.59. The molecule has 0 radical (unpaired) electrons. The average Bonchev–Trinajstić information content (AvgIpc) is 3.19. The van der Waals surface area contributed by atoms with Gasteiger partial charge in [-0.25, -0.2) is 0 Å². The van der Waals surface area contributed by atoms with Crippen LogP contribution >= 0.6 is 0 Å². The van der Waals surface area contributed by atoms with Crippen LogP contribution in [-0.2, 0) is 11.3 Å². The molecular weight excluding hydrogens is 328 g/mol. The monoisotopic (exact) mass is 356 g/mol. The van der Waals surface area contributed by atoms with Gasteiger partial charge in [0.25, 0.3) is 5.91 Å². The number of carbonyl (C=O) groups is 1. The number of ether oxygens (including phenoxy) is 1. The van der Waals surface area contributed by atoms with E-state index in [1.54, 1.807) is 6.20 Å². The molecule has 0 spiro atoms. The molecule has 0 unspecified atom stereocenters. The van der Waals surface area contributed by atoms with Crippen molar-refractivity contribution in [3.63, 3.8) is 0 Å². The van der Waals surface area contributed by atoms with Crippen LogP contribution in [0.2, 0.25) is 0 Å². The molecule has 6 nitrogen and oxygen atoms in total. The predicted octanol–water partition coefficient (Wildman–Crippen LogP) is 2.23. The highest BCUT2D eigenvalue weighted by atomic mass is 16.5. The lowest BCUT2D eigenvalue weighted by atomic mass is 10.0. The minimum absolute atomic E-state index is 0.0599. The number of rotatable bonds is 7. The Hall–Kier alpha value is -2.34. The van der Waals surface area contributed by atoms with E-state index < -0.39 is 0 Å². The van der Waals surface area contributed by atoms with Gasteiger partial charge in [-0.15, -0.1) is 0 Å². The number of amides is 1. The van der Waals surface area contributed by atoms with Crippen molar-refractivity contribution in [1.29, 1.82) is 0 Å². The largest absolute Gasteiger partial charge is 0.484 e. The number of hydrogen-bond acceptors (Lipinski definition) is 4. The number of piperazine rings is 1. The predicted molar refractivity (Wildman–Crippen MR) is 101 cm³/mol. The van der Waals surface area contributed by atoms with Crippen LogP contribution in [0.25, 0.3) is 0 Å². The van der Waals surface area contributed by atoms with Crippen molar-refractivity contribution in [3.05, 3.63) is 48.3 Å². The zero-order chi connectivity index (χ0) is 18.4. The topological polar surface area (TPSA) is 50.6 Å². The van der Waals surface area contributed by atoms with Crippen LogP contribution in [0.5, 0.6) is 5.75 Å². The third-order valence-corrected chi connectivity index (χ3v) is 4.84. The zero-order valence-corrected chi connectivity index (χ0v) is 15.7. The molecule has 0 aliphatic carbocycles. The molecule has 1 aliphatic rings. The van der Waals surface area contributed by atoms with E-state index >= 15 is 0 Å². The van der Waals surface area contributed by atoms with Gasteiger partial charge in [-0.2, -0.15) is 5.10 Å². The second-order valence-corrected chi connectivity index (χ2v) is 7.00. The van der Waals surface area contributed by atoms with Crippen molar-refractivity contribution >= 4 is 5.91 Å². The Morgan fingerprint density at radius 1 is 1.12 bits per heavy atom. The first kappa shape index (κ1) is 18.5. The smallest absolute Gasteiger partial charge is 0.260 e. The van der Waals surface area contributed by atoms with Gasteiger partial charge in [0, 0.05) is 45.1 Å². The lowest BCUT2D eigenvalue weighted by Crippen LogP contribution is -2.50. The third kappa shape index (κ3) is 5.08. The van der Waals surface area contributed by atoms with Crippen LogP contribution in [0, 0.1) is 0 Å². The summed E-state index contributed by atoms with van der Waals surface area (Å²) in [7, 11) is 0. The van der Waals surface area contributed by atoms with Crippen LogP contribution in [0.4, 0.5) is 0 Å². The standard InChI is InChI=1S/C20H28N4O2/c1-17(2)18-4-6-19(7-5-18)26-16-20(25)23-13-10-22(11-14-23)12-15-24-9-3-8-21-24/h3-9,17H,10-16H2,1-2H3. The first-order valence-electron chi connectivity index (χ1n) is 9.32. The number of carbonyl (C=O) groups excluding carboxylic acids is 1. The highest BCUT2D eigenvalue weighted by Gasteiger charge is 2.21. The molecule has 1 amide bonds. The lowest BCUT2D eigenvalue weighted by molar-refractivity contribution is -0.135. The van der Waals surface area contributed by atoms with Crippen molar-refractivity contribution in [1.82, 2.24) is 19.6 Å². The molecule has 0 bridgehead atoms. The van der Waals surface area contributed by atoms with Crippen LogP contribution in [0.15, 0.2) is 42.7 Å². The van der Waals surface area contributed by atoms with Crippen molar-refractivity contribution < 1.29 is 9.53 Å². The van der Waals surface area contributed by atoms with Gasteiger partial charge in [-0.05, 0) is 29.7 Å². The minimum atomic E-state index is 0.0599. The third-order valence-electron chi connectivity index (χ3n) is 4.84. The van der Waals surface area contributed by atoms with Gasteiger partial charge < -0.3 is 9.64 Å². The fraction of sp³-hybridized carbons (Fsp3) is 0.500. The summed E-state index contributed by atoms with van der Waals surface area (Å²) in [5.74, 6) is 1.31. The van der Waals surface area contributed by atoms with E-state index in [0.717, 1.165) is 45.0 Å². The number of benzene rings is 1. The maximum atomic E-state index is 12.4. The van der Waals surface area contributed by atoms with E-state index in [0.29, 0.717) is 5.92 Å². The molecule has 1 fully saturated rings. The Kier molecular flexibility index (Phi) is 6.28. The maximum absolute atomic E-state index is 12.4. The van der Waals surface area contributed by atoms with Crippen LogP contribution in [-0.4, -0.2) is 64.8 Å². The minimum Gasteiger partial charge on any atom is -0.484 e. The van der Waals surface area contributed by atoms with Gasteiger partial charge in [0.2, 0.25) is 0 Å². The van der Waals surface area contributed by atoms with E-state index in [-0.39, 0.29) is 12.5 Å². The fourth-order valence-corrected chi connectivity index (χ4v) is 3.08. The van der Waals surface area contributed by atoms with E-state index in [9.17, 15) is 4.79 Å². The number of hydrogen-bond donors (Lipinski definition) is 0. The first-order valence-corrected chi connectivity index (χ1v) is 9.32. The van der Waals surface area contributed by atoms with Gasteiger partial charge in [-0.3, -0.25) is 14.4 Å². The average molecular weight is 356 g/mol. The second kappa shape index (κ2) is 8.85. The van der Waals surface area contributed by atoms with E-state index in [4.69, 9.17) is 4.74 Å². The maximum Gasteiger partial charge on any atom is 0.260 e. The van der Waals surface area contributed by atoms with Crippen molar-refractivity contribution in [3.8, 4) is 5.75 Å². The first-order chi connectivity index (χ1) is 12.6. The van der Waals surface area contributed by atoms with Gasteiger partial charge in [0.1, 0.15) is 5.75 Å². The molecular formula is C20H28N4O2. The molecule has 2 heterocycles. The van der Waals surface area contributed by atoms with Crippen molar-refractivity contribution in [2.75, 3.05) is 39.3 Å². The van der Waals surface area contributed by atoms with Crippen LogP contribution < -0.4 is 4.74 Å². The molecule has 0 N–H and O–H groups in total. The molecule has 0 saturated carbocycles. The van der Waals surface area contributed by atoms with E-state index in [2.05, 4.69) is 36.0 Å². The highest BCUT2D eigenvalue weighted by molar-refractivity contribution is 5.77.